The van der Waals surface area contributed by atoms with Crippen LogP contribution < -0.4 is 10.6 Å². The first-order valence-electron chi connectivity index (χ1n) is 5.06. The first-order chi connectivity index (χ1) is 7.61. The summed E-state index contributed by atoms with van der Waals surface area (Å²) in [5.41, 5.74) is 0. The molecule has 16 heavy (non-hydrogen) atoms. The molecule has 0 aliphatic carbocycles. The molecule has 1 amide bonds. The van der Waals surface area contributed by atoms with Crippen LogP contribution in [0.15, 0.2) is 30.3 Å². The summed E-state index contributed by atoms with van der Waals surface area (Å²) in [5, 5.41) is 6.00. The number of guanidine groups is 1. The van der Waals surface area contributed by atoms with Crippen LogP contribution in [0.3, 0.4) is 0 Å². The molecule has 0 saturated carbocycles. The normalized spacial score (nSPS) is 8.88. The minimum Gasteiger partial charge on any atom is -0.353 e. The fourth-order valence-corrected chi connectivity index (χ4v) is 0.800. The summed E-state index contributed by atoms with van der Waals surface area (Å²) >= 11 is 0. The average Bonchev–Trinajstić information content (AvgIpc) is 2.27. The molecule has 0 bridgehead atoms. The molecule has 0 heterocycles. The number of likely N-dealkylation sites (N-methyl/N-ethyl adjacent to an activating group) is 1. The number of hydrogen-bond donors (Lipinski definition) is 2. The number of hydrogen-bond acceptors (Lipinski definition) is 2. The van der Waals surface area contributed by atoms with E-state index in [0.29, 0.717) is 19.0 Å². The lowest BCUT2D eigenvalue weighted by atomic mass is 10.5. The predicted molar refractivity (Wildman–Crippen MR) is 67.4 cm³/mol. The van der Waals surface area contributed by atoms with Crippen molar-refractivity contribution in [3.05, 3.63) is 25.3 Å². The highest BCUT2D eigenvalue weighted by atomic mass is 16.2. The molecule has 0 atom stereocenters. The van der Waals surface area contributed by atoms with Crippen molar-refractivity contribution in [2.45, 2.75) is 0 Å². The third kappa shape index (κ3) is 6.64. The lowest BCUT2D eigenvalue weighted by Gasteiger charge is -2.11. The highest BCUT2D eigenvalue weighted by Crippen LogP contribution is 1.81. The first-order valence-corrected chi connectivity index (χ1v) is 5.06. The van der Waals surface area contributed by atoms with E-state index >= 15 is 0 Å². The minimum atomic E-state index is -0.0432. The Bertz CT molecular complexity index is 257. The van der Waals surface area contributed by atoms with Crippen molar-refractivity contribution < 1.29 is 4.79 Å². The Hall–Kier alpha value is -1.78. The summed E-state index contributed by atoms with van der Waals surface area (Å²) in [4.78, 5) is 16.9. The highest BCUT2D eigenvalue weighted by molar-refractivity contribution is 5.84. The van der Waals surface area contributed by atoms with Crippen molar-refractivity contribution in [1.29, 1.82) is 0 Å². The summed E-state index contributed by atoms with van der Waals surface area (Å²) < 4.78 is 0. The third-order valence-electron chi connectivity index (χ3n) is 1.70. The maximum Gasteiger partial charge on any atom is 0.243 e. The molecule has 5 heteroatoms. The Balaban J connectivity index is 4.24. The number of nitrogens with one attached hydrogen (secondary N) is 2. The van der Waals surface area contributed by atoms with E-state index in [0.717, 1.165) is 0 Å². The number of carbonyl (C=O) groups excluding carboxylic acids is 1. The maximum absolute atomic E-state index is 11.3. The molecule has 0 aromatic carbocycles. The second-order valence-electron chi connectivity index (χ2n) is 3.29. The number of nitrogens with zero attached hydrogens (tertiary/aromatic N) is 2. The van der Waals surface area contributed by atoms with E-state index in [2.05, 4.69) is 28.8 Å². The van der Waals surface area contributed by atoms with Crippen molar-refractivity contribution in [2.24, 2.45) is 4.99 Å². The van der Waals surface area contributed by atoms with Gasteiger partial charge in [0, 0.05) is 27.2 Å². The SMILES string of the molecule is C=CCNC(=NCC(=O)N(C)C)NCC=C. The van der Waals surface area contributed by atoms with Crippen molar-refractivity contribution in [3.8, 4) is 0 Å². The molecule has 0 unspecified atom stereocenters. The van der Waals surface area contributed by atoms with Gasteiger partial charge in [-0.25, -0.2) is 4.99 Å². The van der Waals surface area contributed by atoms with E-state index in [-0.39, 0.29) is 12.5 Å². The molecule has 0 aromatic rings. The smallest absolute Gasteiger partial charge is 0.243 e. The van der Waals surface area contributed by atoms with Crippen LogP contribution in [0.4, 0.5) is 0 Å². The van der Waals surface area contributed by atoms with E-state index in [1.807, 2.05) is 0 Å². The Labute approximate surface area is 96.9 Å². The molecule has 0 radical (unpaired) electrons. The standard InChI is InChI=1S/C11H20N4O/c1-5-7-12-11(13-8-6-2)14-9-10(16)15(3)4/h5-6H,1-2,7-9H2,3-4H3,(H2,12,13,14). The van der Waals surface area contributed by atoms with Gasteiger partial charge in [0.25, 0.3) is 0 Å². The molecule has 90 valence electrons. The predicted octanol–water partition coefficient (Wildman–Crippen LogP) is -0.0182. The Morgan fingerprint density at radius 3 is 2.12 bits per heavy atom. The maximum atomic E-state index is 11.3. The van der Waals surface area contributed by atoms with Gasteiger partial charge in [0.1, 0.15) is 6.54 Å². The van der Waals surface area contributed by atoms with Crippen LogP contribution in [-0.4, -0.2) is 50.5 Å². The van der Waals surface area contributed by atoms with Gasteiger partial charge in [-0.1, -0.05) is 12.2 Å². The minimum absolute atomic E-state index is 0.0432. The summed E-state index contributed by atoms with van der Waals surface area (Å²) in [6.45, 7) is 8.51. The molecule has 0 aliphatic heterocycles. The van der Waals surface area contributed by atoms with Gasteiger partial charge in [-0.3, -0.25) is 4.79 Å². The number of rotatable bonds is 6. The zero-order chi connectivity index (χ0) is 12.4. The van der Waals surface area contributed by atoms with E-state index in [1.54, 1.807) is 26.2 Å². The van der Waals surface area contributed by atoms with Crippen LogP contribution in [0.5, 0.6) is 0 Å². The van der Waals surface area contributed by atoms with Crippen LogP contribution in [-0.2, 0) is 4.79 Å². The molecule has 5 nitrogen and oxygen atoms in total. The lowest BCUT2D eigenvalue weighted by Crippen LogP contribution is -2.38. The Morgan fingerprint density at radius 1 is 1.25 bits per heavy atom. The van der Waals surface area contributed by atoms with Gasteiger partial charge in [0.05, 0.1) is 0 Å². The van der Waals surface area contributed by atoms with Gasteiger partial charge >= 0.3 is 0 Å². The lowest BCUT2D eigenvalue weighted by molar-refractivity contribution is -0.127. The highest BCUT2D eigenvalue weighted by Gasteiger charge is 2.02. The first kappa shape index (κ1) is 14.2. The van der Waals surface area contributed by atoms with Crippen LogP contribution in [0.2, 0.25) is 0 Å². The van der Waals surface area contributed by atoms with E-state index in [9.17, 15) is 4.79 Å². The monoisotopic (exact) mass is 224 g/mol. The number of amides is 1. The van der Waals surface area contributed by atoms with Gasteiger partial charge in [-0.2, -0.15) is 0 Å². The molecule has 0 rings (SSSR count). The third-order valence-corrected chi connectivity index (χ3v) is 1.70. The van der Waals surface area contributed by atoms with E-state index < -0.39 is 0 Å². The zero-order valence-corrected chi connectivity index (χ0v) is 9.99. The van der Waals surface area contributed by atoms with Crippen LogP contribution in [0.25, 0.3) is 0 Å². The Morgan fingerprint density at radius 2 is 1.75 bits per heavy atom. The van der Waals surface area contributed by atoms with Gasteiger partial charge in [-0.05, 0) is 0 Å². The molecule has 2 N–H and O–H groups in total. The van der Waals surface area contributed by atoms with Crippen LogP contribution in [0, 0.1) is 0 Å². The zero-order valence-electron chi connectivity index (χ0n) is 9.99. The summed E-state index contributed by atoms with van der Waals surface area (Å²) in [7, 11) is 3.40. The fraction of sp³-hybridized carbons (Fsp3) is 0.455. The van der Waals surface area contributed by atoms with Crippen molar-refractivity contribution in [1.82, 2.24) is 15.5 Å². The average molecular weight is 224 g/mol. The quantitative estimate of drug-likeness (QED) is 0.379. The molecular weight excluding hydrogens is 204 g/mol. The van der Waals surface area contributed by atoms with Gasteiger partial charge in [-0.15, -0.1) is 13.2 Å². The molecular formula is C11H20N4O. The van der Waals surface area contributed by atoms with Crippen molar-refractivity contribution in [3.63, 3.8) is 0 Å². The van der Waals surface area contributed by atoms with E-state index in [4.69, 9.17) is 0 Å². The number of carbonyl (C=O) groups is 1. The topological polar surface area (TPSA) is 56.7 Å². The van der Waals surface area contributed by atoms with Gasteiger partial charge < -0.3 is 15.5 Å². The largest absolute Gasteiger partial charge is 0.353 e. The van der Waals surface area contributed by atoms with Crippen LogP contribution >= 0.6 is 0 Å². The number of aliphatic imine (C=N–C) groups is 1. The summed E-state index contributed by atoms with van der Waals surface area (Å²) in [6, 6.07) is 0. The van der Waals surface area contributed by atoms with Crippen LogP contribution in [0.1, 0.15) is 0 Å². The van der Waals surface area contributed by atoms with Gasteiger partial charge in [0.15, 0.2) is 5.96 Å². The van der Waals surface area contributed by atoms with Crippen molar-refractivity contribution in [2.75, 3.05) is 33.7 Å². The molecule has 0 saturated heterocycles. The molecule has 0 aromatic heterocycles. The van der Waals surface area contributed by atoms with Gasteiger partial charge in [0.2, 0.25) is 5.91 Å². The fourth-order valence-electron chi connectivity index (χ4n) is 0.800. The van der Waals surface area contributed by atoms with E-state index in [1.165, 1.54) is 4.90 Å². The second-order valence-corrected chi connectivity index (χ2v) is 3.29. The van der Waals surface area contributed by atoms with Crippen molar-refractivity contribution >= 4 is 11.9 Å². The molecule has 0 fully saturated rings. The summed E-state index contributed by atoms with van der Waals surface area (Å²) in [5.74, 6) is 0.535. The molecule has 0 spiro atoms. The molecule has 0 aliphatic rings. The second kappa shape index (κ2) is 8.52. The Kier molecular flexibility index (Phi) is 7.57. The summed E-state index contributed by atoms with van der Waals surface area (Å²) in [6.07, 6.45) is 3.44.